The fourth-order valence-electron chi connectivity index (χ4n) is 1.32. The number of alkyl halides is 1. The molecule has 0 spiro atoms. The molecule has 3 nitrogen and oxygen atoms in total. The van der Waals surface area contributed by atoms with Gasteiger partial charge in [-0.25, -0.2) is 4.39 Å². The maximum atomic E-state index is 13.3. The first-order valence-corrected chi connectivity index (χ1v) is 6.34. The molecule has 1 aromatic carbocycles. The Bertz CT molecular complexity index is 440. The third-order valence-corrected chi connectivity index (χ3v) is 2.23. The Kier molecular flexibility index (Phi) is 7.99. The second-order valence-corrected chi connectivity index (χ2v) is 3.83. The zero-order valence-electron chi connectivity index (χ0n) is 10.7. The number of ether oxygens (including phenoxy) is 3. The van der Waals surface area contributed by atoms with Crippen LogP contribution in [0.3, 0.4) is 0 Å². The number of hydrogen-bond donors (Lipinski definition) is 0. The van der Waals surface area contributed by atoms with Crippen molar-refractivity contribution in [3.63, 3.8) is 0 Å². The number of rotatable bonds is 7. The summed E-state index contributed by atoms with van der Waals surface area (Å²) in [7, 11) is 1.61. The van der Waals surface area contributed by atoms with E-state index < -0.39 is 5.82 Å². The van der Waals surface area contributed by atoms with Gasteiger partial charge in [-0.05, 0) is 12.1 Å². The number of benzene rings is 1. The normalized spacial score (nSPS) is 9.84. The van der Waals surface area contributed by atoms with Crippen molar-refractivity contribution in [2.45, 2.75) is 0 Å². The molecule has 0 amide bonds. The molecule has 0 bridgehead atoms. The molecule has 0 atom stereocenters. The second kappa shape index (κ2) is 9.62. The van der Waals surface area contributed by atoms with E-state index in [9.17, 15) is 4.39 Å². The van der Waals surface area contributed by atoms with E-state index in [-0.39, 0.29) is 5.88 Å². The molecule has 0 radical (unpaired) electrons. The predicted molar refractivity (Wildman–Crippen MR) is 72.2 cm³/mol. The van der Waals surface area contributed by atoms with Crippen molar-refractivity contribution in [2.24, 2.45) is 0 Å². The van der Waals surface area contributed by atoms with Crippen molar-refractivity contribution < 1.29 is 18.6 Å². The van der Waals surface area contributed by atoms with E-state index in [4.69, 9.17) is 25.8 Å². The van der Waals surface area contributed by atoms with Crippen LogP contribution >= 0.6 is 11.6 Å². The highest BCUT2D eigenvalue weighted by Crippen LogP contribution is 2.15. The van der Waals surface area contributed by atoms with E-state index in [1.807, 2.05) is 0 Å². The Hall–Kier alpha value is -1.28. The Morgan fingerprint density at radius 1 is 1.16 bits per heavy atom. The lowest BCUT2D eigenvalue weighted by molar-refractivity contribution is 0.0544. The summed E-state index contributed by atoms with van der Waals surface area (Å²) in [5, 5.41) is 0. The van der Waals surface area contributed by atoms with Crippen molar-refractivity contribution in [1.29, 1.82) is 0 Å². The van der Waals surface area contributed by atoms with Crippen LogP contribution in [0.1, 0.15) is 5.56 Å². The molecule has 0 unspecified atom stereocenters. The molecule has 0 heterocycles. The SMILES string of the molecule is COCCOCCOc1cc(F)cc(C#CCCl)c1. The third-order valence-electron chi connectivity index (χ3n) is 2.10. The van der Waals surface area contributed by atoms with E-state index in [0.29, 0.717) is 37.7 Å². The zero-order valence-corrected chi connectivity index (χ0v) is 11.5. The Morgan fingerprint density at radius 2 is 1.95 bits per heavy atom. The first-order valence-electron chi connectivity index (χ1n) is 5.81. The Balaban J connectivity index is 2.42. The van der Waals surface area contributed by atoms with E-state index >= 15 is 0 Å². The summed E-state index contributed by atoms with van der Waals surface area (Å²) in [4.78, 5) is 0. The van der Waals surface area contributed by atoms with Gasteiger partial charge in [-0.15, -0.1) is 11.6 Å². The van der Waals surface area contributed by atoms with Gasteiger partial charge in [0, 0.05) is 18.7 Å². The minimum absolute atomic E-state index is 0.208. The van der Waals surface area contributed by atoms with E-state index in [2.05, 4.69) is 11.8 Å². The Labute approximate surface area is 117 Å². The molecule has 0 aliphatic heterocycles. The molecular weight excluding hydrogens is 271 g/mol. The first kappa shape index (κ1) is 15.8. The number of halogens is 2. The highest BCUT2D eigenvalue weighted by Gasteiger charge is 2.00. The monoisotopic (exact) mass is 286 g/mol. The summed E-state index contributed by atoms with van der Waals surface area (Å²) in [6, 6.07) is 4.31. The van der Waals surface area contributed by atoms with Crippen LogP contribution < -0.4 is 4.74 Å². The van der Waals surface area contributed by atoms with Gasteiger partial charge in [0.05, 0.1) is 25.7 Å². The molecule has 104 valence electrons. The number of methoxy groups -OCH3 is 1. The van der Waals surface area contributed by atoms with Gasteiger partial charge >= 0.3 is 0 Å². The lowest BCUT2D eigenvalue weighted by atomic mass is 10.2. The minimum Gasteiger partial charge on any atom is -0.491 e. The molecule has 5 heteroatoms. The van der Waals surface area contributed by atoms with Crippen molar-refractivity contribution in [1.82, 2.24) is 0 Å². The van der Waals surface area contributed by atoms with Crippen LogP contribution in [0, 0.1) is 17.7 Å². The van der Waals surface area contributed by atoms with Crippen LogP contribution in [-0.2, 0) is 9.47 Å². The van der Waals surface area contributed by atoms with Gasteiger partial charge in [0.1, 0.15) is 18.2 Å². The van der Waals surface area contributed by atoms with Gasteiger partial charge in [0.15, 0.2) is 0 Å². The van der Waals surface area contributed by atoms with Crippen molar-refractivity contribution >= 4 is 11.6 Å². The summed E-state index contributed by atoms with van der Waals surface area (Å²) in [5.74, 6) is 5.65. The predicted octanol–water partition coefficient (Wildman–Crippen LogP) is 2.46. The first-order chi connectivity index (χ1) is 9.26. The smallest absolute Gasteiger partial charge is 0.128 e. The summed E-state index contributed by atoms with van der Waals surface area (Å²) >= 11 is 5.45. The summed E-state index contributed by atoms with van der Waals surface area (Å²) in [6.45, 7) is 1.81. The van der Waals surface area contributed by atoms with Crippen LogP contribution in [0.5, 0.6) is 5.75 Å². The van der Waals surface area contributed by atoms with Gasteiger partial charge in [0.25, 0.3) is 0 Å². The summed E-state index contributed by atoms with van der Waals surface area (Å²) < 4.78 is 28.7. The molecule has 0 saturated heterocycles. The van der Waals surface area contributed by atoms with E-state index in [1.165, 1.54) is 12.1 Å². The van der Waals surface area contributed by atoms with Crippen LogP contribution in [-0.4, -0.2) is 39.4 Å². The number of hydrogen-bond acceptors (Lipinski definition) is 3. The fraction of sp³-hybridized carbons (Fsp3) is 0.429. The van der Waals surface area contributed by atoms with Gasteiger partial charge in [-0.1, -0.05) is 11.8 Å². The standard InChI is InChI=1S/C14H16ClFO3/c1-17-5-6-18-7-8-19-14-10-12(3-2-4-15)9-13(16)11-14/h9-11H,4-8H2,1H3. The van der Waals surface area contributed by atoms with Gasteiger partial charge in [-0.2, -0.15) is 0 Å². The molecule has 0 aromatic heterocycles. The lowest BCUT2D eigenvalue weighted by Crippen LogP contribution is -2.10. The highest BCUT2D eigenvalue weighted by molar-refractivity contribution is 6.19. The maximum Gasteiger partial charge on any atom is 0.128 e. The summed E-state index contributed by atoms with van der Waals surface area (Å²) in [6.07, 6.45) is 0. The van der Waals surface area contributed by atoms with E-state index in [1.54, 1.807) is 13.2 Å². The van der Waals surface area contributed by atoms with Gasteiger partial charge in [0.2, 0.25) is 0 Å². The summed E-state index contributed by atoms with van der Waals surface area (Å²) in [5.41, 5.74) is 0.538. The Morgan fingerprint density at radius 3 is 2.68 bits per heavy atom. The molecule has 0 N–H and O–H groups in total. The molecule has 19 heavy (non-hydrogen) atoms. The van der Waals surface area contributed by atoms with Crippen molar-refractivity contribution in [2.75, 3.05) is 39.4 Å². The quantitative estimate of drug-likeness (QED) is 0.438. The third kappa shape index (κ3) is 7.02. The lowest BCUT2D eigenvalue weighted by Gasteiger charge is -2.07. The van der Waals surface area contributed by atoms with Gasteiger partial charge in [-0.3, -0.25) is 0 Å². The molecule has 0 saturated carbocycles. The average Bonchev–Trinajstić information content (AvgIpc) is 2.40. The molecule has 1 aromatic rings. The highest BCUT2D eigenvalue weighted by atomic mass is 35.5. The molecule has 1 rings (SSSR count). The van der Waals surface area contributed by atoms with Gasteiger partial charge < -0.3 is 14.2 Å². The van der Waals surface area contributed by atoms with Crippen molar-refractivity contribution in [3.8, 4) is 17.6 Å². The topological polar surface area (TPSA) is 27.7 Å². The second-order valence-electron chi connectivity index (χ2n) is 3.56. The molecule has 0 aliphatic rings. The van der Waals surface area contributed by atoms with E-state index in [0.717, 1.165) is 0 Å². The maximum absolute atomic E-state index is 13.3. The van der Waals surface area contributed by atoms with Crippen LogP contribution in [0.2, 0.25) is 0 Å². The van der Waals surface area contributed by atoms with Crippen LogP contribution in [0.4, 0.5) is 4.39 Å². The minimum atomic E-state index is -0.392. The largest absolute Gasteiger partial charge is 0.491 e. The average molecular weight is 287 g/mol. The fourth-order valence-corrected chi connectivity index (χ4v) is 1.38. The van der Waals surface area contributed by atoms with Crippen molar-refractivity contribution in [3.05, 3.63) is 29.6 Å². The molecule has 0 fully saturated rings. The van der Waals surface area contributed by atoms with Crippen LogP contribution in [0.15, 0.2) is 18.2 Å². The zero-order chi connectivity index (χ0) is 13.9. The van der Waals surface area contributed by atoms with Crippen LogP contribution in [0.25, 0.3) is 0 Å². The molecular formula is C14H16ClFO3. The molecule has 0 aliphatic carbocycles.